The number of hydrogen-bond acceptors (Lipinski definition) is 1. The molecular formula is H9F6NTe. The van der Waals surface area contributed by atoms with Crippen molar-refractivity contribution < 1.29 is 28.2 Å². The zero-order valence-electron chi connectivity index (χ0n) is 3.47. The zero-order valence-corrected chi connectivity index (χ0v) is 6.03. The number of hydrogen-bond donors (Lipinski definition) is 1. The van der Waals surface area contributed by atoms with Crippen molar-refractivity contribution in [1.82, 2.24) is 0 Å². The van der Waals surface area contributed by atoms with Crippen LogP contribution in [0.2, 0.25) is 0 Å². The first-order chi connectivity index (χ1) is 1.00. The summed E-state index contributed by atoms with van der Waals surface area (Å²) in [7, 11) is 0. The fourth-order valence-electron chi connectivity index (χ4n) is 0. The van der Waals surface area contributed by atoms with Crippen molar-refractivity contribution >= 4 is 22.6 Å². The van der Waals surface area contributed by atoms with Gasteiger partial charge in [0.2, 0.25) is 0 Å². The first-order valence-corrected chi connectivity index (χ1v) is 1.73. The van der Waals surface area contributed by atoms with Gasteiger partial charge in [-0.3, -0.25) is 28.2 Å². The maximum absolute atomic E-state index is 4.55. The van der Waals surface area contributed by atoms with Crippen LogP contribution in [-0.4, -0.2) is 22.6 Å². The molecule has 0 atom stereocenters. The molecule has 0 bridgehead atoms. The summed E-state index contributed by atoms with van der Waals surface area (Å²) >= 11 is 1.25. The zero-order chi connectivity index (χ0) is 2.00. The van der Waals surface area contributed by atoms with E-state index in [0.717, 1.165) is 0 Å². The van der Waals surface area contributed by atoms with Crippen molar-refractivity contribution in [1.29, 1.82) is 0 Å². The van der Waals surface area contributed by atoms with Crippen LogP contribution in [0.1, 0.15) is 0 Å². The van der Waals surface area contributed by atoms with E-state index in [2.05, 4.69) is 3.98 Å². The monoisotopic (exact) mass is 267 g/mol. The Morgan fingerprint density at radius 2 is 0.500 bits per heavy atom. The van der Waals surface area contributed by atoms with Crippen LogP contribution >= 0.6 is 0 Å². The first kappa shape index (κ1) is 253. The van der Waals surface area contributed by atoms with E-state index in [0.29, 0.717) is 0 Å². The predicted octanol–water partition coefficient (Wildman–Crippen LogP) is -0.324. The third-order valence-electron chi connectivity index (χ3n) is 0. The molecule has 0 fully saturated rings. The van der Waals surface area contributed by atoms with Crippen molar-refractivity contribution in [3.63, 3.8) is 0 Å². The van der Waals surface area contributed by atoms with Gasteiger partial charge in [-0.15, -0.1) is 0 Å². The Labute approximate surface area is 55.5 Å². The van der Waals surface area contributed by atoms with E-state index < -0.39 is 0 Å². The Bertz CT molecular complexity index is 8.49. The number of nitrogens with two attached hydrogens (primary N) is 1. The second-order valence-electron chi connectivity index (χ2n) is 0. The van der Waals surface area contributed by atoms with Crippen molar-refractivity contribution in [2.45, 2.75) is 0 Å². The summed E-state index contributed by atoms with van der Waals surface area (Å²) in [6.45, 7) is 0. The second kappa shape index (κ2) is 2700. The molecule has 0 rings (SSSR count). The summed E-state index contributed by atoms with van der Waals surface area (Å²) in [6.07, 6.45) is 0. The van der Waals surface area contributed by atoms with Gasteiger partial charge in [0.25, 0.3) is 0 Å². The molecule has 62 valence electrons. The Hall–Kier alpha value is 0.330. The molecule has 2 N–H and O–H groups in total. The summed E-state index contributed by atoms with van der Waals surface area (Å²) in [5.41, 5.74) is 0. The molecule has 0 saturated heterocycles. The van der Waals surface area contributed by atoms with E-state index in [1.165, 1.54) is 22.6 Å². The third-order valence-corrected chi connectivity index (χ3v) is 0. The molecule has 0 unspecified atom stereocenters. The molecule has 0 heterocycles. The molecule has 0 saturated carbocycles. The fraction of sp³-hybridized carbons (Fsp3) is 0. The standard InChI is InChI=1S/6FH.H3NTe/c;;;;;;1-2/h6*1H;2H,1H2. The van der Waals surface area contributed by atoms with Gasteiger partial charge in [0.05, 0.1) is 0 Å². The van der Waals surface area contributed by atoms with Gasteiger partial charge in [0.1, 0.15) is 0 Å². The second-order valence-corrected chi connectivity index (χ2v) is 0. The molecule has 1 nitrogen and oxygen atoms in total. The van der Waals surface area contributed by atoms with Crippen LogP contribution in [0.3, 0.4) is 0 Å². The Morgan fingerprint density at radius 3 is 0.500 bits per heavy atom. The van der Waals surface area contributed by atoms with Gasteiger partial charge in [0, 0.05) is 0 Å². The minimum absolute atomic E-state index is 0. The average molecular weight is 265 g/mol. The van der Waals surface area contributed by atoms with E-state index in [-0.39, 0.29) is 28.2 Å². The SMILES string of the molecule is F.F.F.F.F.F.N[TeH]. The van der Waals surface area contributed by atoms with E-state index in [1.807, 2.05) is 0 Å². The average Bonchev–Trinajstić information content (AvgIpc) is 1.00. The van der Waals surface area contributed by atoms with Crippen LogP contribution < -0.4 is 3.98 Å². The van der Waals surface area contributed by atoms with Crippen LogP contribution in [0.4, 0.5) is 28.2 Å². The summed E-state index contributed by atoms with van der Waals surface area (Å²) in [6, 6.07) is 0. The summed E-state index contributed by atoms with van der Waals surface area (Å²) in [5, 5.41) is 0. The molecule has 0 aliphatic heterocycles. The number of halogens is 6. The molecule has 0 spiro atoms. The number of rotatable bonds is 0. The van der Waals surface area contributed by atoms with Gasteiger partial charge in [-0.2, -0.15) is 0 Å². The molecule has 0 radical (unpaired) electrons. The van der Waals surface area contributed by atoms with Crippen LogP contribution in [-0.2, 0) is 0 Å². The topological polar surface area (TPSA) is 26.0 Å². The molecule has 0 aromatic rings. The third kappa shape index (κ3) is 1650. The van der Waals surface area contributed by atoms with Crippen molar-refractivity contribution in [3.8, 4) is 0 Å². The van der Waals surface area contributed by atoms with E-state index in [4.69, 9.17) is 0 Å². The normalized spacial score (nSPS) is 0.750. The quantitative estimate of drug-likeness (QED) is 0.471. The van der Waals surface area contributed by atoms with Crippen molar-refractivity contribution in [2.24, 2.45) is 3.98 Å². The fourth-order valence-corrected chi connectivity index (χ4v) is 0. The Kier molecular flexibility index (Phi) is 85500. The molecule has 0 amide bonds. The minimum atomic E-state index is 0. The summed E-state index contributed by atoms with van der Waals surface area (Å²) in [4.78, 5) is 0. The Morgan fingerprint density at radius 1 is 0.500 bits per heavy atom. The summed E-state index contributed by atoms with van der Waals surface area (Å²) in [5.74, 6) is 0. The van der Waals surface area contributed by atoms with Crippen LogP contribution in [0, 0.1) is 0 Å². The molecular weight excluding hydrogens is 256 g/mol. The van der Waals surface area contributed by atoms with Crippen LogP contribution in [0.5, 0.6) is 0 Å². The molecule has 0 aromatic carbocycles. The van der Waals surface area contributed by atoms with Gasteiger partial charge in [0.15, 0.2) is 0 Å². The molecule has 8 heteroatoms. The van der Waals surface area contributed by atoms with E-state index >= 15 is 0 Å². The van der Waals surface area contributed by atoms with Gasteiger partial charge < -0.3 is 0 Å². The van der Waals surface area contributed by atoms with E-state index in [9.17, 15) is 0 Å². The van der Waals surface area contributed by atoms with Gasteiger partial charge >= 0.3 is 26.6 Å². The first-order valence-electron chi connectivity index (χ1n) is 0.258. The van der Waals surface area contributed by atoms with Gasteiger partial charge in [-0.1, -0.05) is 0 Å². The van der Waals surface area contributed by atoms with Crippen LogP contribution in [0.25, 0.3) is 0 Å². The van der Waals surface area contributed by atoms with Crippen LogP contribution in [0.15, 0.2) is 0 Å². The summed E-state index contributed by atoms with van der Waals surface area (Å²) < 4.78 is 4.55. The molecule has 0 aliphatic rings. The Balaban J connectivity index is -0.000000000333. The molecule has 0 aromatic heterocycles. The molecule has 8 heavy (non-hydrogen) atoms. The molecule has 0 aliphatic carbocycles. The van der Waals surface area contributed by atoms with Crippen molar-refractivity contribution in [2.75, 3.05) is 0 Å². The van der Waals surface area contributed by atoms with Gasteiger partial charge in [-0.05, 0) is 0 Å². The predicted molar refractivity (Wildman–Crippen MR) is 26.4 cm³/mol. The van der Waals surface area contributed by atoms with Gasteiger partial charge in [-0.25, -0.2) is 0 Å². The van der Waals surface area contributed by atoms with E-state index in [1.54, 1.807) is 0 Å². The van der Waals surface area contributed by atoms with Crippen molar-refractivity contribution in [3.05, 3.63) is 0 Å². The maximum atomic E-state index is 4.55.